The van der Waals surface area contributed by atoms with Gasteiger partial charge in [0, 0.05) is 0 Å². The Morgan fingerprint density at radius 2 is 1.85 bits per heavy atom. The van der Waals surface area contributed by atoms with Gasteiger partial charge in [-0.15, -0.1) is 0 Å². The number of imide groups is 1. The van der Waals surface area contributed by atoms with Crippen molar-refractivity contribution < 1.29 is 22.8 Å². The summed E-state index contributed by atoms with van der Waals surface area (Å²) in [5, 5.41) is 2.77. The number of nitrogens with zero attached hydrogens (tertiary/aromatic N) is 1. The predicted molar refractivity (Wildman–Crippen MR) is 87.0 cm³/mol. The maximum atomic E-state index is 13.0. The number of rotatable bonds is 2. The van der Waals surface area contributed by atoms with Crippen molar-refractivity contribution in [3.05, 3.63) is 70.8 Å². The van der Waals surface area contributed by atoms with Gasteiger partial charge in [-0.05, 0) is 41.7 Å². The number of hydrogen-bond acceptors (Lipinski definition) is 2. The molecule has 0 radical (unpaired) electrons. The Hall–Kier alpha value is -2.83. The van der Waals surface area contributed by atoms with Gasteiger partial charge in [0.1, 0.15) is 5.54 Å². The lowest BCUT2D eigenvalue weighted by molar-refractivity contribution is -0.137. The van der Waals surface area contributed by atoms with E-state index >= 15 is 0 Å². The number of urea groups is 1. The van der Waals surface area contributed by atoms with Crippen molar-refractivity contribution in [3.8, 4) is 0 Å². The standard InChI is InChI=1S/C19H15F3N2O2/c20-19(21,22)14-6-3-4-12(10-14)11-24-16(25)18(23-17(24)26)9-8-13-5-1-2-7-15(13)18/h1-7,10H,8-9,11H2,(H,23,26)/t18-/m0/s1. The van der Waals surface area contributed by atoms with Crippen LogP contribution in [0.2, 0.25) is 0 Å². The highest BCUT2D eigenvalue weighted by Gasteiger charge is 2.55. The summed E-state index contributed by atoms with van der Waals surface area (Å²) in [6.07, 6.45) is -3.35. The molecule has 26 heavy (non-hydrogen) atoms. The third-order valence-corrected chi connectivity index (χ3v) is 5.02. The fourth-order valence-corrected chi connectivity index (χ4v) is 3.76. The molecule has 1 spiro atoms. The molecule has 2 aliphatic rings. The van der Waals surface area contributed by atoms with Crippen molar-refractivity contribution in [3.63, 3.8) is 0 Å². The Morgan fingerprint density at radius 1 is 1.08 bits per heavy atom. The van der Waals surface area contributed by atoms with Gasteiger partial charge in [-0.2, -0.15) is 13.2 Å². The summed E-state index contributed by atoms with van der Waals surface area (Å²) in [5.41, 5.74) is 0.122. The van der Waals surface area contributed by atoms with Crippen LogP contribution in [0.5, 0.6) is 0 Å². The molecule has 2 aromatic carbocycles. The molecule has 1 saturated heterocycles. The van der Waals surface area contributed by atoms with E-state index in [1.807, 2.05) is 18.2 Å². The molecule has 1 fully saturated rings. The summed E-state index contributed by atoms with van der Waals surface area (Å²) < 4.78 is 38.6. The normalized spacial score (nSPS) is 22.0. The van der Waals surface area contributed by atoms with Gasteiger partial charge >= 0.3 is 12.2 Å². The summed E-state index contributed by atoms with van der Waals surface area (Å²) >= 11 is 0. The van der Waals surface area contributed by atoms with Crippen molar-refractivity contribution in [2.45, 2.75) is 31.1 Å². The minimum Gasteiger partial charge on any atom is -0.319 e. The highest BCUT2D eigenvalue weighted by Crippen LogP contribution is 2.41. The number of halogens is 3. The minimum atomic E-state index is -4.47. The highest BCUT2D eigenvalue weighted by molar-refractivity contribution is 6.08. The zero-order valence-corrected chi connectivity index (χ0v) is 13.6. The zero-order valence-electron chi connectivity index (χ0n) is 13.6. The fourth-order valence-electron chi connectivity index (χ4n) is 3.76. The number of alkyl halides is 3. The first-order chi connectivity index (χ1) is 12.3. The maximum absolute atomic E-state index is 13.0. The average Bonchev–Trinajstić information content (AvgIpc) is 3.09. The van der Waals surface area contributed by atoms with E-state index < -0.39 is 29.2 Å². The van der Waals surface area contributed by atoms with E-state index in [1.165, 1.54) is 12.1 Å². The lowest BCUT2D eigenvalue weighted by Gasteiger charge is -2.22. The van der Waals surface area contributed by atoms with Crippen LogP contribution in [-0.2, 0) is 29.5 Å². The molecule has 1 aliphatic carbocycles. The Kier molecular flexibility index (Phi) is 3.57. The van der Waals surface area contributed by atoms with E-state index in [-0.39, 0.29) is 12.1 Å². The van der Waals surface area contributed by atoms with E-state index in [1.54, 1.807) is 6.07 Å². The van der Waals surface area contributed by atoms with Crippen molar-refractivity contribution in [1.29, 1.82) is 0 Å². The van der Waals surface area contributed by atoms with Gasteiger partial charge in [-0.25, -0.2) is 4.79 Å². The first-order valence-corrected chi connectivity index (χ1v) is 8.20. The number of benzene rings is 2. The van der Waals surface area contributed by atoms with Gasteiger partial charge in [0.25, 0.3) is 5.91 Å². The molecule has 3 amide bonds. The molecule has 2 aromatic rings. The molecule has 134 valence electrons. The SMILES string of the molecule is O=C1N[C@]2(CCc3ccccc32)C(=O)N1Cc1cccc(C(F)(F)F)c1. The van der Waals surface area contributed by atoms with Crippen molar-refractivity contribution >= 4 is 11.9 Å². The third-order valence-electron chi connectivity index (χ3n) is 5.02. The molecule has 1 aliphatic heterocycles. The number of nitrogens with one attached hydrogen (secondary N) is 1. The smallest absolute Gasteiger partial charge is 0.319 e. The van der Waals surface area contributed by atoms with Crippen molar-refractivity contribution in [1.82, 2.24) is 10.2 Å². The number of fused-ring (bicyclic) bond motifs is 2. The molecule has 0 aromatic heterocycles. The first kappa shape index (κ1) is 16.6. The van der Waals surface area contributed by atoms with Gasteiger partial charge in [-0.1, -0.05) is 36.4 Å². The Balaban J connectivity index is 1.64. The first-order valence-electron chi connectivity index (χ1n) is 8.20. The van der Waals surface area contributed by atoms with E-state index in [0.29, 0.717) is 12.8 Å². The predicted octanol–water partition coefficient (Wildman–Crippen LogP) is 3.60. The summed E-state index contributed by atoms with van der Waals surface area (Å²) in [4.78, 5) is 26.4. The van der Waals surface area contributed by atoms with Crippen LogP contribution < -0.4 is 5.32 Å². The summed E-state index contributed by atoms with van der Waals surface area (Å²) in [7, 11) is 0. The van der Waals surface area contributed by atoms with E-state index in [9.17, 15) is 22.8 Å². The minimum absolute atomic E-state index is 0.196. The number of aryl methyl sites for hydroxylation is 1. The number of amides is 3. The average molecular weight is 360 g/mol. The van der Waals surface area contributed by atoms with Gasteiger partial charge in [0.05, 0.1) is 12.1 Å². The van der Waals surface area contributed by atoms with Gasteiger partial charge in [0.2, 0.25) is 0 Å². The van der Waals surface area contributed by atoms with Crippen molar-refractivity contribution in [2.24, 2.45) is 0 Å². The quantitative estimate of drug-likeness (QED) is 0.832. The van der Waals surface area contributed by atoms with Crippen LogP contribution in [-0.4, -0.2) is 16.8 Å². The van der Waals surface area contributed by atoms with E-state index in [2.05, 4.69) is 5.32 Å². The van der Waals surface area contributed by atoms with Crippen LogP contribution in [0.4, 0.5) is 18.0 Å². The Morgan fingerprint density at radius 3 is 2.62 bits per heavy atom. The summed E-state index contributed by atoms with van der Waals surface area (Å²) in [6, 6.07) is 11.5. The molecular weight excluding hydrogens is 345 g/mol. The second kappa shape index (κ2) is 5.59. The molecular formula is C19H15F3N2O2. The van der Waals surface area contributed by atoms with Crippen molar-refractivity contribution in [2.75, 3.05) is 0 Å². The zero-order chi connectivity index (χ0) is 18.5. The van der Waals surface area contributed by atoms with Crippen LogP contribution in [0.25, 0.3) is 0 Å². The lowest BCUT2D eigenvalue weighted by Crippen LogP contribution is -2.41. The van der Waals surface area contributed by atoms with Crippen LogP contribution >= 0.6 is 0 Å². The topological polar surface area (TPSA) is 49.4 Å². The number of carbonyl (C=O) groups is 2. The molecule has 1 N–H and O–H groups in total. The molecule has 7 heteroatoms. The monoisotopic (exact) mass is 360 g/mol. The highest BCUT2D eigenvalue weighted by atomic mass is 19.4. The Bertz CT molecular complexity index is 910. The van der Waals surface area contributed by atoms with Crippen LogP contribution in [0.15, 0.2) is 48.5 Å². The summed E-state index contributed by atoms with van der Waals surface area (Å²) in [6.45, 7) is -0.196. The second-order valence-corrected chi connectivity index (χ2v) is 6.58. The maximum Gasteiger partial charge on any atom is 0.416 e. The van der Waals surface area contributed by atoms with Gasteiger partial charge in [0.15, 0.2) is 0 Å². The number of hydrogen-bond donors (Lipinski definition) is 1. The van der Waals surface area contributed by atoms with E-state index in [4.69, 9.17) is 0 Å². The van der Waals surface area contributed by atoms with Crippen LogP contribution in [0, 0.1) is 0 Å². The molecule has 4 nitrogen and oxygen atoms in total. The third kappa shape index (κ3) is 2.46. The lowest BCUT2D eigenvalue weighted by atomic mass is 9.92. The molecule has 1 heterocycles. The van der Waals surface area contributed by atoms with Gasteiger partial charge < -0.3 is 5.32 Å². The second-order valence-electron chi connectivity index (χ2n) is 6.58. The van der Waals surface area contributed by atoms with E-state index in [0.717, 1.165) is 28.2 Å². The molecule has 0 bridgehead atoms. The summed E-state index contributed by atoms with van der Waals surface area (Å²) in [5.74, 6) is -0.412. The van der Waals surface area contributed by atoms with Gasteiger partial charge in [-0.3, -0.25) is 9.69 Å². The fraction of sp³-hybridized carbons (Fsp3) is 0.263. The molecule has 1 atom stereocenters. The van der Waals surface area contributed by atoms with Crippen LogP contribution in [0.1, 0.15) is 28.7 Å². The molecule has 0 unspecified atom stereocenters. The van der Waals surface area contributed by atoms with Crippen LogP contribution in [0.3, 0.4) is 0 Å². The largest absolute Gasteiger partial charge is 0.416 e. The molecule has 4 rings (SSSR count). The molecule has 0 saturated carbocycles. The number of carbonyl (C=O) groups excluding carboxylic acids is 2. The Labute approximate surface area is 147 Å².